The van der Waals surface area contributed by atoms with E-state index in [-0.39, 0.29) is 5.92 Å². The summed E-state index contributed by atoms with van der Waals surface area (Å²) in [5.74, 6) is -0.251. The third-order valence-corrected chi connectivity index (χ3v) is 3.39. The molecule has 2 unspecified atom stereocenters. The highest BCUT2D eigenvalue weighted by Crippen LogP contribution is 2.29. The Hall–Kier alpha value is -0.590. The first-order valence-corrected chi connectivity index (χ1v) is 5.46. The zero-order valence-electron chi connectivity index (χ0n) is 9.16. The largest absolute Gasteiger partial charge is 0.388 e. The van der Waals surface area contributed by atoms with Crippen LogP contribution >= 0.6 is 0 Å². The minimum atomic E-state index is -0.751. The maximum Gasteiger partial charge on any atom is 0.0815 e. The van der Waals surface area contributed by atoms with Gasteiger partial charge in [-0.1, -0.05) is 6.92 Å². The fraction of sp³-hybridized carbons (Fsp3) is 0.909. The molecular weight excluding hydrogens is 176 g/mol. The quantitative estimate of drug-likeness (QED) is 0.726. The lowest BCUT2D eigenvalue weighted by Crippen LogP contribution is -2.37. The fourth-order valence-electron chi connectivity index (χ4n) is 2.07. The molecule has 0 radical (unpaired) electrons. The van der Waals surface area contributed by atoms with Gasteiger partial charge in [-0.25, -0.2) is 0 Å². The van der Waals surface area contributed by atoms with Gasteiger partial charge in [0.1, 0.15) is 0 Å². The molecule has 0 aliphatic carbocycles. The summed E-state index contributed by atoms with van der Waals surface area (Å²) in [4.78, 5) is 2.34. The second kappa shape index (κ2) is 4.77. The third kappa shape index (κ3) is 2.46. The molecule has 1 fully saturated rings. The van der Waals surface area contributed by atoms with Crippen LogP contribution in [0.2, 0.25) is 0 Å². The normalized spacial score (nSPS) is 31.9. The first-order valence-electron chi connectivity index (χ1n) is 5.46. The zero-order chi connectivity index (χ0) is 10.6. The molecule has 0 aromatic rings. The molecule has 1 aliphatic heterocycles. The van der Waals surface area contributed by atoms with Crippen LogP contribution in [0.15, 0.2) is 0 Å². The van der Waals surface area contributed by atoms with Crippen molar-refractivity contribution < 1.29 is 5.11 Å². The molecule has 1 heterocycles. The summed E-state index contributed by atoms with van der Waals surface area (Å²) < 4.78 is 0. The maximum absolute atomic E-state index is 10.3. The number of nitriles is 1. The van der Waals surface area contributed by atoms with Crippen molar-refractivity contribution in [3.8, 4) is 6.07 Å². The summed E-state index contributed by atoms with van der Waals surface area (Å²) in [5.41, 5.74) is -0.751. The van der Waals surface area contributed by atoms with Gasteiger partial charge in [0.05, 0.1) is 17.6 Å². The van der Waals surface area contributed by atoms with Crippen molar-refractivity contribution in [2.45, 2.75) is 38.7 Å². The average Bonchev–Trinajstić information content (AvgIpc) is 2.40. The molecule has 0 aromatic carbocycles. The van der Waals surface area contributed by atoms with Crippen LogP contribution in [0.3, 0.4) is 0 Å². The van der Waals surface area contributed by atoms with Gasteiger partial charge in [-0.2, -0.15) is 5.26 Å². The first-order chi connectivity index (χ1) is 6.62. The van der Waals surface area contributed by atoms with Gasteiger partial charge < -0.3 is 10.0 Å². The summed E-state index contributed by atoms with van der Waals surface area (Å²) in [5, 5.41) is 19.1. The monoisotopic (exact) mass is 196 g/mol. The minimum Gasteiger partial charge on any atom is -0.388 e. The average molecular weight is 196 g/mol. The lowest BCUT2D eigenvalue weighted by atomic mass is 9.83. The van der Waals surface area contributed by atoms with Crippen molar-refractivity contribution in [1.29, 1.82) is 5.26 Å². The van der Waals surface area contributed by atoms with E-state index in [4.69, 9.17) is 5.26 Å². The number of rotatable bonds is 2. The summed E-state index contributed by atoms with van der Waals surface area (Å²) in [6.45, 7) is 6.96. The molecule has 1 aliphatic rings. The van der Waals surface area contributed by atoms with Crippen LogP contribution in [0, 0.1) is 17.2 Å². The zero-order valence-corrected chi connectivity index (χ0v) is 9.16. The molecule has 0 aromatic heterocycles. The van der Waals surface area contributed by atoms with Gasteiger partial charge >= 0.3 is 0 Å². The van der Waals surface area contributed by atoms with Crippen molar-refractivity contribution in [2.75, 3.05) is 19.6 Å². The van der Waals surface area contributed by atoms with Crippen LogP contribution < -0.4 is 0 Å². The molecule has 0 bridgehead atoms. The van der Waals surface area contributed by atoms with Crippen LogP contribution in [0.25, 0.3) is 0 Å². The molecule has 0 amide bonds. The second-order valence-electron chi connectivity index (χ2n) is 4.24. The molecule has 3 nitrogen and oxygen atoms in total. The molecule has 0 spiro atoms. The van der Waals surface area contributed by atoms with Crippen LogP contribution in [0.5, 0.6) is 0 Å². The molecule has 1 saturated heterocycles. The number of likely N-dealkylation sites (tertiary alicyclic amines) is 1. The van der Waals surface area contributed by atoms with Gasteiger partial charge in [0.25, 0.3) is 0 Å². The van der Waals surface area contributed by atoms with Gasteiger partial charge in [0, 0.05) is 6.54 Å². The van der Waals surface area contributed by atoms with Crippen LogP contribution in [0.4, 0.5) is 0 Å². The van der Waals surface area contributed by atoms with Gasteiger partial charge in [-0.05, 0) is 39.3 Å². The topological polar surface area (TPSA) is 47.3 Å². The highest BCUT2D eigenvalue weighted by Gasteiger charge is 2.35. The van der Waals surface area contributed by atoms with Crippen molar-refractivity contribution >= 4 is 0 Å². The minimum absolute atomic E-state index is 0.251. The van der Waals surface area contributed by atoms with Crippen molar-refractivity contribution in [1.82, 2.24) is 4.90 Å². The third-order valence-electron chi connectivity index (χ3n) is 3.39. The second-order valence-corrected chi connectivity index (χ2v) is 4.24. The molecule has 14 heavy (non-hydrogen) atoms. The number of nitrogens with zero attached hydrogens (tertiary/aromatic N) is 2. The first kappa shape index (κ1) is 11.5. The van der Waals surface area contributed by atoms with Gasteiger partial charge in [-0.15, -0.1) is 0 Å². The van der Waals surface area contributed by atoms with E-state index in [1.54, 1.807) is 0 Å². The van der Waals surface area contributed by atoms with Gasteiger partial charge in [-0.3, -0.25) is 0 Å². The number of aliphatic hydroxyl groups is 1. The predicted octanol–water partition coefficient (Wildman–Crippen LogP) is 1.38. The molecule has 2 atom stereocenters. The van der Waals surface area contributed by atoms with Crippen LogP contribution in [0.1, 0.15) is 33.1 Å². The Labute approximate surface area is 86.3 Å². The Kier molecular flexibility index (Phi) is 3.91. The summed E-state index contributed by atoms with van der Waals surface area (Å²) >= 11 is 0. The Balaban J connectivity index is 2.60. The van der Waals surface area contributed by atoms with Crippen LogP contribution in [-0.2, 0) is 0 Å². The van der Waals surface area contributed by atoms with E-state index in [0.29, 0.717) is 0 Å². The summed E-state index contributed by atoms with van der Waals surface area (Å²) in [6.07, 6.45) is 2.49. The van der Waals surface area contributed by atoms with E-state index in [1.165, 1.54) is 0 Å². The van der Waals surface area contributed by atoms with Gasteiger partial charge in [0.2, 0.25) is 0 Å². The lowest BCUT2D eigenvalue weighted by Gasteiger charge is -2.29. The summed E-state index contributed by atoms with van der Waals surface area (Å²) in [6, 6.07) is 2.17. The molecule has 0 saturated carbocycles. The van der Waals surface area contributed by atoms with Crippen molar-refractivity contribution in [3.05, 3.63) is 0 Å². The molecular formula is C11H20N2O. The maximum atomic E-state index is 10.3. The molecule has 1 N–H and O–H groups in total. The predicted molar refractivity (Wildman–Crippen MR) is 55.7 cm³/mol. The summed E-state index contributed by atoms with van der Waals surface area (Å²) in [7, 11) is 0. The van der Waals surface area contributed by atoms with E-state index < -0.39 is 5.60 Å². The van der Waals surface area contributed by atoms with E-state index in [1.807, 2.05) is 6.92 Å². The Morgan fingerprint density at radius 2 is 2.21 bits per heavy atom. The molecule has 1 rings (SSSR count). The van der Waals surface area contributed by atoms with E-state index >= 15 is 0 Å². The lowest BCUT2D eigenvalue weighted by molar-refractivity contribution is -0.00523. The fourth-order valence-corrected chi connectivity index (χ4v) is 2.07. The van der Waals surface area contributed by atoms with Crippen molar-refractivity contribution in [3.63, 3.8) is 0 Å². The standard InChI is InChI=1S/C11H20N2O/c1-3-13-7-4-5-11(14,6-8-13)10(2)9-12/h10,14H,3-8H2,1-2H3. The van der Waals surface area contributed by atoms with E-state index in [0.717, 1.165) is 38.9 Å². The van der Waals surface area contributed by atoms with Crippen LogP contribution in [-0.4, -0.2) is 35.2 Å². The van der Waals surface area contributed by atoms with Crippen molar-refractivity contribution in [2.24, 2.45) is 5.92 Å². The Morgan fingerprint density at radius 1 is 1.50 bits per heavy atom. The van der Waals surface area contributed by atoms with E-state index in [9.17, 15) is 5.11 Å². The van der Waals surface area contributed by atoms with E-state index in [2.05, 4.69) is 17.9 Å². The van der Waals surface area contributed by atoms with Gasteiger partial charge in [0.15, 0.2) is 0 Å². The highest BCUT2D eigenvalue weighted by molar-refractivity contribution is 4.97. The highest BCUT2D eigenvalue weighted by atomic mass is 16.3. The molecule has 80 valence electrons. The number of hydrogen-bond donors (Lipinski definition) is 1. The Morgan fingerprint density at radius 3 is 2.79 bits per heavy atom. The smallest absolute Gasteiger partial charge is 0.0815 e. The Bertz CT molecular complexity index is 224. The SMILES string of the molecule is CCN1CCCC(O)(C(C)C#N)CC1. The number of hydrogen-bond acceptors (Lipinski definition) is 3. The molecule has 3 heteroatoms.